The molecule has 0 aliphatic carbocycles. The first-order chi connectivity index (χ1) is 7.32. The van der Waals surface area contributed by atoms with Gasteiger partial charge in [0.15, 0.2) is 0 Å². The molecule has 0 saturated heterocycles. The van der Waals surface area contributed by atoms with Crippen molar-refractivity contribution in [1.29, 1.82) is 0 Å². The van der Waals surface area contributed by atoms with Gasteiger partial charge in [0.25, 0.3) is 0 Å². The Morgan fingerprint density at radius 1 is 1.38 bits per heavy atom. The Balaban J connectivity index is 3.19. The maximum Gasteiger partial charge on any atom is 0.417 e. The highest BCUT2D eigenvalue weighted by Gasteiger charge is 2.33. The van der Waals surface area contributed by atoms with Crippen molar-refractivity contribution >= 4 is 28.0 Å². The van der Waals surface area contributed by atoms with E-state index in [1.54, 1.807) is 0 Å². The first kappa shape index (κ1) is 12.8. The third kappa shape index (κ3) is 3.10. The number of carboxylic acid groups (broad SMARTS) is 1. The van der Waals surface area contributed by atoms with Crippen LogP contribution in [0.3, 0.4) is 0 Å². The standard InChI is InChI=1S/C10H6BrF3O2/c11-9-6(4-5-8(15)16)2-1-3-7(9)10(12,13)14/h1-5H,(H,15,16)/b5-4+. The maximum atomic E-state index is 12.5. The van der Waals surface area contributed by atoms with Crippen LogP contribution in [-0.2, 0) is 11.0 Å². The van der Waals surface area contributed by atoms with E-state index in [4.69, 9.17) is 5.11 Å². The number of hydrogen-bond donors (Lipinski definition) is 1. The van der Waals surface area contributed by atoms with E-state index in [1.807, 2.05) is 0 Å². The Morgan fingerprint density at radius 3 is 2.50 bits per heavy atom. The molecule has 0 bridgehead atoms. The molecular weight excluding hydrogens is 289 g/mol. The lowest BCUT2D eigenvalue weighted by Crippen LogP contribution is -2.06. The van der Waals surface area contributed by atoms with Crippen molar-refractivity contribution in [3.05, 3.63) is 39.9 Å². The summed E-state index contributed by atoms with van der Waals surface area (Å²) in [6.45, 7) is 0. The highest BCUT2D eigenvalue weighted by Crippen LogP contribution is 2.36. The van der Waals surface area contributed by atoms with Crippen LogP contribution >= 0.6 is 15.9 Å². The summed E-state index contributed by atoms with van der Waals surface area (Å²) in [6.07, 6.45) is -2.59. The number of halogens is 4. The van der Waals surface area contributed by atoms with Crippen LogP contribution in [0.25, 0.3) is 6.08 Å². The van der Waals surface area contributed by atoms with Gasteiger partial charge in [-0.15, -0.1) is 0 Å². The van der Waals surface area contributed by atoms with E-state index in [-0.39, 0.29) is 10.0 Å². The third-order valence-electron chi connectivity index (χ3n) is 1.74. The van der Waals surface area contributed by atoms with E-state index >= 15 is 0 Å². The van der Waals surface area contributed by atoms with E-state index in [1.165, 1.54) is 12.1 Å². The lowest BCUT2D eigenvalue weighted by molar-refractivity contribution is -0.138. The summed E-state index contributed by atoms with van der Waals surface area (Å²) in [7, 11) is 0. The van der Waals surface area contributed by atoms with Crippen molar-refractivity contribution in [2.24, 2.45) is 0 Å². The second-order valence-electron chi connectivity index (χ2n) is 2.88. The number of benzene rings is 1. The van der Waals surface area contributed by atoms with Gasteiger partial charge in [-0.1, -0.05) is 12.1 Å². The number of carbonyl (C=O) groups is 1. The SMILES string of the molecule is O=C(O)/C=C/c1cccc(C(F)(F)F)c1Br. The zero-order chi connectivity index (χ0) is 12.3. The Hall–Kier alpha value is -1.30. The second-order valence-corrected chi connectivity index (χ2v) is 3.67. The average Bonchev–Trinajstić information content (AvgIpc) is 2.14. The molecule has 0 amide bonds. The predicted molar refractivity (Wildman–Crippen MR) is 55.8 cm³/mol. The second kappa shape index (κ2) is 4.69. The Kier molecular flexibility index (Phi) is 3.74. The molecule has 0 heterocycles. The summed E-state index contributed by atoms with van der Waals surface area (Å²) in [4.78, 5) is 10.2. The highest BCUT2D eigenvalue weighted by atomic mass is 79.9. The molecule has 0 aliphatic heterocycles. The normalized spacial score (nSPS) is 12.0. The van der Waals surface area contributed by atoms with Gasteiger partial charge in [0.1, 0.15) is 0 Å². The van der Waals surface area contributed by atoms with Gasteiger partial charge in [0.05, 0.1) is 5.56 Å². The van der Waals surface area contributed by atoms with E-state index in [2.05, 4.69) is 15.9 Å². The average molecular weight is 295 g/mol. The lowest BCUT2D eigenvalue weighted by atomic mass is 10.1. The molecular formula is C10H6BrF3O2. The molecule has 0 unspecified atom stereocenters. The van der Waals surface area contributed by atoms with Gasteiger partial charge >= 0.3 is 12.1 Å². The lowest BCUT2D eigenvalue weighted by Gasteiger charge is -2.10. The summed E-state index contributed by atoms with van der Waals surface area (Å²) in [6, 6.07) is 3.52. The van der Waals surface area contributed by atoms with Gasteiger partial charge in [0, 0.05) is 10.5 Å². The molecule has 86 valence electrons. The van der Waals surface area contributed by atoms with Crippen LogP contribution in [0.5, 0.6) is 0 Å². The minimum absolute atomic E-state index is 0.164. The van der Waals surface area contributed by atoms with Crippen molar-refractivity contribution in [2.75, 3.05) is 0 Å². The van der Waals surface area contributed by atoms with Crippen LogP contribution in [0.2, 0.25) is 0 Å². The van der Waals surface area contributed by atoms with Crippen molar-refractivity contribution in [3.63, 3.8) is 0 Å². The minimum Gasteiger partial charge on any atom is -0.478 e. The van der Waals surface area contributed by atoms with Gasteiger partial charge in [-0.2, -0.15) is 13.2 Å². The van der Waals surface area contributed by atoms with Crippen LogP contribution in [-0.4, -0.2) is 11.1 Å². The maximum absolute atomic E-state index is 12.5. The van der Waals surface area contributed by atoms with Crippen LogP contribution < -0.4 is 0 Å². The van der Waals surface area contributed by atoms with E-state index in [9.17, 15) is 18.0 Å². The number of rotatable bonds is 2. The molecule has 16 heavy (non-hydrogen) atoms. The molecule has 2 nitrogen and oxygen atoms in total. The summed E-state index contributed by atoms with van der Waals surface area (Å²) in [5.41, 5.74) is -0.669. The molecule has 0 saturated carbocycles. The molecule has 1 aromatic carbocycles. The summed E-state index contributed by atoms with van der Waals surface area (Å²) in [5, 5.41) is 8.37. The Labute approximate surface area is 97.5 Å². The van der Waals surface area contributed by atoms with Crippen LogP contribution in [0.4, 0.5) is 13.2 Å². The molecule has 1 N–H and O–H groups in total. The Morgan fingerprint density at radius 2 is 2.00 bits per heavy atom. The molecule has 0 aromatic heterocycles. The van der Waals surface area contributed by atoms with Crippen molar-refractivity contribution in [2.45, 2.75) is 6.18 Å². The summed E-state index contributed by atoms with van der Waals surface area (Å²) in [5.74, 6) is -1.22. The fourth-order valence-corrected chi connectivity index (χ4v) is 1.68. The first-order valence-corrected chi connectivity index (χ1v) is 4.88. The van der Waals surface area contributed by atoms with Crippen molar-refractivity contribution < 1.29 is 23.1 Å². The predicted octanol–water partition coefficient (Wildman–Crippen LogP) is 3.57. The fraction of sp³-hybridized carbons (Fsp3) is 0.100. The zero-order valence-corrected chi connectivity index (χ0v) is 9.34. The van der Waals surface area contributed by atoms with Crippen LogP contribution in [0, 0.1) is 0 Å². The smallest absolute Gasteiger partial charge is 0.417 e. The molecule has 1 aromatic rings. The molecule has 6 heteroatoms. The van der Waals surface area contributed by atoms with Gasteiger partial charge in [-0.05, 0) is 33.6 Å². The molecule has 0 aliphatic rings. The van der Waals surface area contributed by atoms with E-state index in [0.717, 1.165) is 18.2 Å². The topological polar surface area (TPSA) is 37.3 Å². The highest BCUT2D eigenvalue weighted by molar-refractivity contribution is 9.10. The van der Waals surface area contributed by atoms with E-state index in [0.29, 0.717) is 0 Å². The fourth-order valence-electron chi connectivity index (χ4n) is 1.06. The molecule has 0 fully saturated rings. The summed E-state index contributed by atoms with van der Waals surface area (Å²) >= 11 is 2.80. The van der Waals surface area contributed by atoms with Crippen molar-refractivity contribution in [1.82, 2.24) is 0 Å². The minimum atomic E-state index is -4.47. The monoisotopic (exact) mass is 294 g/mol. The quantitative estimate of drug-likeness (QED) is 0.847. The number of hydrogen-bond acceptors (Lipinski definition) is 1. The largest absolute Gasteiger partial charge is 0.478 e. The van der Waals surface area contributed by atoms with E-state index < -0.39 is 17.7 Å². The number of aliphatic carboxylic acids is 1. The first-order valence-electron chi connectivity index (χ1n) is 4.09. The van der Waals surface area contributed by atoms with Gasteiger partial charge < -0.3 is 5.11 Å². The number of carboxylic acids is 1. The van der Waals surface area contributed by atoms with Crippen LogP contribution in [0.1, 0.15) is 11.1 Å². The number of alkyl halides is 3. The van der Waals surface area contributed by atoms with Gasteiger partial charge in [-0.3, -0.25) is 0 Å². The molecule has 0 atom stereocenters. The third-order valence-corrected chi connectivity index (χ3v) is 2.62. The molecule has 1 rings (SSSR count). The zero-order valence-electron chi connectivity index (χ0n) is 7.75. The van der Waals surface area contributed by atoms with Gasteiger partial charge in [-0.25, -0.2) is 4.79 Å². The molecule has 0 spiro atoms. The van der Waals surface area contributed by atoms with Gasteiger partial charge in [0.2, 0.25) is 0 Å². The van der Waals surface area contributed by atoms with Crippen LogP contribution in [0.15, 0.2) is 28.7 Å². The Bertz CT molecular complexity index is 438. The molecule has 0 radical (unpaired) electrons. The summed E-state index contributed by atoms with van der Waals surface area (Å²) < 4.78 is 37.2. The van der Waals surface area contributed by atoms with Crippen molar-refractivity contribution in [3.8, 4) is 0 Å².